The average molecular weight is 416 g/mol. The second-order valence-electron chi connectivity index (χ2n) is 8.18. The molecular weight excluding hydrogens is 390 g/mol. The molecule has 1 saturated carbocycles. The van der Waals surface area contributed by atoms with Gasteiger partial charge in [-0.1, -0.05) is 32.8 Å². The van der Waals surface area contributed by atoms with Gasteiger partial charge in [-0.25, -0.2) is 8.42 Å². The fraction of sp³-hybridized carbons (Fsp3) is 0.409. The number of hydrogen-bond acceptors (Lipinski definition) is 4. The van der Waals surface area contributed by atoms with Crippen molar-refractivity contribution in [1.82, 2.24) is 4.72 Å². The largest absolute Gasteiger partial charge is 0.480 e. The third kappa shape index (κ3) is 3.76. The van der Waals surface area contributed by atoms with Crippen LogP contribution in [0.1, 0.15) is 51.0 Å². The number of carboxylic acid groups (broad SMARTS) is 1. The van der Waals surface area contributed by atoms with Crippen LogP contribution in [0.3, 0.4) is 0 Å². The highest BCUT2D eigenvalue weighted by Crippen LogP contribution is 2.38. The summed E-state index contributed by atoms with van der Waals surface area (Å²) in [7, 11) is -3.99. The molecule has 0 saturated heterocycles. The monoisotopic (exact) mass is 415 g/mol. The van der Waals surface area contributed by atoms with Gasteiger partial charge in [0.2, 0.25) is 10.0 Å². The Balaban J connectivity index is 1.72. The zero-order valence-electron chi connectivity index (χ0n) is 16.5. The van der Waals surface area contributed by atoms with E-state index in [9.17, 15) is 18.3 Å². The Kier molecular flexibility index (Phi) is 5.12. The number of carboxylic acids is 1. The Morgan fingerprint density at radius 1 is 1.07 bits per heavy atom. The van der Waals surface area contributed by atoms with Crippen LogP contribution in [0.5, 0.6) is 0 Å². The molecule has 1 aliphatic rings. The molecule has 2 N–H and O–H groups in total. The van der Waals surface area contributed by atoms with Crippen molar-refractivity contribution in [2.24, 2.45) is 5.92 Å². The number of furan rings is 1. The van der Waals surface area contributed by atoms with Crippen molar-refractivity contribution in [3.8, 4) is 0 Å². The minimum Gasteiger partial charge on any atom is -0.480 e. The van der Waals surface area contributed by atoms with Crippen LogP contribution >= 0.6 is 0 Å². The SMILES string of the molecule is CC(C)C(NS(=O)(=O)c1ccc2c(c1)oc1ccc(C3CCCC3)cc12)C(=O)O. The second kappa shape index (κ2) is 7.46. The van der Waals surface area contributed by atoms with E-state index < -0.39 is 22.0 Å². The molecule has 0 spiro atoms. The van der Waals surface area contributed by atoms with Crippen LogP contribution in [0, 0.1) is 5.92 Å². The van der Waals surface area contributed by atoms with Crippen molar-refractivity contribution in [1.29, 1.82) is 0 Å². The topological polar surface area (TPSA) is 96.6 Å². The lowest BCUT2D eigenvalue weighted by Crippen LogP contribution is -2.44. The van der Waals surface area contributed by atoms with Crippen LogP contribution in [0.25, 0.3) is 21.9 Å². The fourth-order valence-corrected chi connectivity index (χ4v) is 5.51. The summed E-state index contributed by atoms with van der Waals surface area (Å²) in [5.41, 5.74) is 2.50. The lowest BCUT2D eigenvalue weighted by Gasteiger charge is -2.17. The van der Waals surface area contributed by atoms with E-state index in [0.29, 0.717) is 11.5 Å². The van der Waals surface area contributed by atoms with Crippen LogP contribution < -0.4 is 4.72 Å². The maximum absolute atomic E-state index is 12.7. The van der Waals surface area contributed by atoms with E-state index in [1.165, 1.54) is 43.4 Å². The molecule has 1 aromatic heterocycles. The van der Waals surface area contributed by atoms with Gasteiger partial charge in [-0.3, -0.25) is 4.79 Å². The van der Waals surface area contributed by atoms with Crippen LogP contribution in [0.4, 0.5) is 0 Å². The van der Waals surface area contributed by atoms with Gasteiger partial charge >= 0.3 is 5.97 Å². The van der Waals surface area contributed by atoms with E-state index in [0.717, 1.165) is 16.4 Å². The molecule has 4 rings (SSSR count). The minimum absolute atomic E-state index is 0.00743. The molecule has 1 heterocycles. The number of sulfonamides is 1. The predicted molar refractivity (Wildman–Crippen MR) is 112 cm³/mol. The molecular formula is C22H25NO5S. The van der Waals surface area contributed by atoms with Gasteiger partial charge in [0.1, 0.15) is 17.2 Å². The molecule has 154 valence electrons. The van der Waals surface area contributed by atoms with Gasteiger partial charge in [-0.15, -0.1) is 0 Å². The number of aliphatic carboxylic acids is 1. The quantitative estimate of drug-likeness (QED) is 0.612. The van der Waals surface area contributed by atoms with Crippen LogP contribution in [-0.2, 0) is 14.8 Å². The van der Waals surface area contributed by atoms with Crippen molar-refractivity contribution in [3.05, 3.63) is 42.0 Å². The lowest BCUT2D eigenvalue weighted by atomic mass is 9.96. The number of fused-ring (bicyclic) bond motifs is 3. The number of carbonyl (C=O) groups is 1. The molecule has 0 aliphatic heterocycles. The molecule has 1 unspecified atom stereocenters. The molecule has 0 bridgehead atoms. The molecule has 3 aromatic rings. The Hall–Kier alpha value is -2.38. The van der Waals surface area contributed by atoms with Crippen molar-refractivity contribution < 1.29 is 22.7 Å². The summed E-state index contributed by atoms with van der Waals surface area (Å²) in [5.74, 6) is -1.00. The molecule has 2 aromatic carbocycles. The van der Waals surface area contributed by atoms with Gasteiger partial charge in [0.15, 0.2) is 0 Å². The molecule has 7 heteroatoms. The van der Waals surface area contributed by atoms with E-state index in [4.69, 9.17) is 4.42 Å². The van der Waals surface area contributed by atoms with Gasteiger partial charge in [0.25, 0.3) is 0 Å². The maximum atomic E-state index is 12.7. The smallest absolute Gasteiger partial charge is 0.322 e. The molecule has 0 radical (unpaired) electrons. The second-order valence-corrected chi connectivity index (χ2v) is 9.89. The van der Waals surface area contributed by atoms with E-state index in [2.05, 4.69) is 16.9 Å². The summed E-state index contributed by atoms with van der Waals surface area (Å²) in [5, 5.41) is 11.1. The standard InChI is InChI=1S/C22H25NO5S/c1-13(2)21(22(24)25)23-29(26,27)16-8-9-17-18-11-15(14-5-3-4-6-14)7-10-19(18)28-20(17)12-16/h7-14,21,23H,3-6H2,1-2H3,(H,24,25). The number of benzene rings is 2. The third-order valence-electron chi connectivity index (χ3n) is 5.82. The molecule has 6 nitrogen and oxygen atoms in total. The van der Waals surface area contributed by atoms with Gasteiger partial charge < -0.3 is 9.52 Å². The summed E-state index contributed by atoms with van der Waals surface area (Å²) in [6.07, 6.45) is 4.93. The summed E-state index contributed by atoms with van der Waals surface area (Å²) < 4.78 is 33.6. The number of nitrogens with one attached hydrogen (secondary N) is 1. The fourth-order valence-electron chi connectivity index (χ4n) is 4.16. The first-order valence-corrected chi connectivity index (χ1v) is 11.5. The van der Waals surface area contributed by atoms with Crippen LogP contribution in [0.15, 0.2) is 45.7 Å². The van der Waals surface area contributed by atoms with Gasteiger partial charge in [0, 0.05) is 16.8 Å². The van der Waals surface area contributed by atoms with Gasteiger partial charge in [-0.05, 0) is 54.5 Å². The molecule has 1 atom stereocenters. The Labute approximate surface area is 169 Å². The Morgan fingerprint density at radius 2 is 1.79 bits per heavy atom. The third-order valence-corrected chi connectivity index (χ3v) is 7.26. The van der Waals surface area contributed by atoms with E-state index >= 15 is 0 Å². The molecule has 1 fully saturated rings. The normalized spacial score (nSPS) is 16.8. The lowest BCUT2D eigenvalue weighted by molar-refractivity contribution is -0.140. The number of hydrogen-bond donors (Lipinski definition) is 2. The van der Waals surface area contributed by atoms with Crippen molar-refractivity contribution >= 4 is 37.9 Å². The summed E-state index contributed by atoms with van der Waals surface area (Å²) >= 11 is 0. The van der Waals surface area contributed by atoms with E-state index in [-0.39, 0.29) is 10.8 Å². The zero-order valence-corrected chi connectivity index (χ0v) is 17.3. The highest BCUT2D eigenvalue weighted by molar-refractivity contribution is 7.89. The molecule has 29 heavy (non-hydrogen) atoms. The van der Waals surface area contributed by atoms with Gasteiger partial charge in [-0.2, -0.15) is 4.72 Å². The first-order chi connectivity index (χ1) is 13.8. The Morgan fingerprint density at radius 3 is 2.45 bits per heavy atom. The highest BCUT2D eigenvalue weighted by Gasteiger charge is 2.28. The summed E-state index contributed by atoms with van der Waals surface area (Å²) in [6.45, 7) is 3.32. The Bertz CT molecular complexity index is 1170. The predicted octanol–water partition coefficient (Wildman–Crippen LogP) is 4.63. The van der Waals surface area contributed by atoms with Crippen molar-refractivity contribution in [2.45, 2.75) is 56.4 Å². The van der Waals surface area contributed by atoms with E-state index in [1.807, 2.05) is 6.07 Å². The number of rotatable bonds is 6. The first kappa shape index (κ1) is 19.9. The minimum atomic E-state index is -3.99. The van der Waals surface area contributed by atoms with Crippen LogP contribution in [0.2, 0.25) is 0 Å². The highest BCUT2D eigenvalue weighted by atomic mass is 32.2. The summed E-state index contributed by atoms with van der Waals surface area (Å²) in [4.78, 5) is 11.4. The first-order valence-electron chi connectivity index (χ1n) is 9.97. The van der Waals surface area contributed by atoms with Gasteiger partial charge in [0.05, 0.1) is 4.90 Å². The van der Waals surface area contributed by atoms with Crippen molar-refractivity contribution in [3.63, 3.8) is 0 Å². The van der Waals surface area contributed by atoms with E-state index in [1.54, 1.807) is 19.9 Å². The van der Waals surface area contributed by atoms with Crippen LogP contribution in [-0.4, -0.2) is 25.5 Å². The van der Waals surface area contributed by atoms with Crippen molar-refractivity contribution in [2.75, 3.05) is 0 Å². The average Bonchev–Trinajstić information content (AvgIpc) is 3.32. The molecule has 0 amide bonds. The summed E-state index contributed by atoms with van der Waals surface area (Å²) in [6, 6.07) is 9.71. The maximum Gasteiger partial charge on any atom is 0.322 e. The zero-order chi connectivity index (χ0) is 20.8. The molecule has 1 aliphatic carbocycles.